The third-order valence-electron chi connectivity index (χ3n) is 4.15. The van der Waals surface area contributed by atoms with Gasteiger partial charge in [0.15, 0.2) is 5.78 Å². The van der Waals surface area contributed by atoms with Crippen molar-refractivity contribution in [2.75, 3.05) is 6.54 Å². The Morgan fingerprint density at radius 3 is 2.35 bits per heavy atom. The molecule has 0 bridgehead atoms. The topological polar surface area (TPSA) is 63.7 Å². The van der Waals surface area contributed by atoms with E-state index in [-0.39, 0.29) is 17.3 Å². The average Bonchev–Trinajstić information content (AvgIpc) is 2.87. The van der Waals surface area contributed by atoms with Crippen LogP contribution in [0.1, 0.15) is 43.6 Å². The van der Waals surface area contributed by atoms with Crippen molar-refractivity contribution >= 4 is 23.4 Å². The van der Waals surface area contributed by atoms with E-state index in [1.807, 2.05) is 0 Å². The molecule has 0 N–H and O–H groups in total. The number of benzene rings is 2. The third kappa shape index (κ3) is 3.07. The molecule has 0 aliphatic carbocycles. The molecule has 0 saturated carbocycles. The SMILES string of the molecule is C=CCN1C(=C)c2ccc(C(=O)Oc3ccc(C(C)=O)cc3)cc2C1=O. The standard InChI is InChI=1S/C21H17NO4/c1-4-11-22-13(2)18-10-7-16(12-19(18)20(22)24)21(25)26-17-8-5-15(6-9-17)14(3)23/h4-10,12H,1-2,11H2,3H3. The maximum Gasteiger partial charge on any atom is 0.343 e. The van der Waals surface area contributed by atoms with Gasteiger partial charge in [-0.25, -0.2) is 4.79 Å². The molecule has 1 heterocycles. The molecule has 0 saturated heterocycles. The first-order chi connectivity index (χ1) is 12.4. The monoisotopic (exact) mass is 347 g/mol. The third-order valence-corrected chi connectivity index (χ3v) is 4.15. The van der Waals surface area contributed by atoms with Crippen molar-refractivity contribution in [3.05, 3.63) is 84.0 Å². The molecule has 1 amide bonds. The average molecular weight is 347 g/mol. The summed E-state index contributed by atoms with van der Waals surface area (Å²) in [5, 5.41) is 0. The van der Waals surface area contributed by atoms with Crippen LogP contribution < -0.4 is 4.74 Å². The van der Waals surface area contributed by atoms with Crippen molar-refractivity contribution in [3.63, 3.8) is 0 Å². The van der Waals surface area contributed by atoms with Crippen LogP contribution in [0.2, 0.25) is 0 Å². The van der Waals surface area contributed by atoms with Crippen molar-refractivity contribution in [3.8, 4) is 5.75 Å². The predicted molar refractivity (Wildman–Crippen MR) is 98.1 cm³/mol. The first kappa shape index (κ1) is 17.4. The molecule has 26 heavy (non-hydrogen) atoms. The Hall–Kier alpha value is -3.47. The van der Waals surface area contributed by atoms with Crippen molar-refractivity contribution in [2.45, 2.75) is 6.92 Å². The minimum absolute atomic E-state index is 0.0654. The lowest BCUT2D eigenvalue weighted by Crippen LogP contribution is -2.22. The van der Waals surface area contributed by atoms with Gasteiger partial charge < -0.3 is 9.64 Å². The number of rotatable bonds is 5. The van der Waals surface area contributed by atoms with E-state index in [9.17, 15) is 14.4 Å². The first-order valence-corrected chi connectivity index (χ1v) is 8.01. The first-order valence-electron chi connectivity index (χ1n) is 8.01. The van der Waals surface area contributed by atoms with Crippen LogP contribution in [0.3, 0.4) is 0 Å². The van der Waals surface area contributed by atoms with Crippen molar-refractivity contribution in [1.82, 2.24) is 4.90 Å². The summed E-state index contributed by atoms with van der Waals surface area (Å²) in [7, 11) is 0. The minimum atomic E-state index is -0.580. The molecule has 1 aliphatic heterocycles. The number of Topliss-reactive ketones (excluding diaryl/α,β-unsaturated/α-hetero) is 1. The Morgan fingerprint density at radius 1 is 1.08 bits per heavy atom. The number of amides is 1. The maximum absolute atomic E-state index is 12.5. The highest BCUT2D eigenvalue weighted by molar-refractivity contribution is 6.10. The van der Waals surface area contributed by atoms with Crippen LogP contribution in [0.4, 0.5) is 0 Å². The summed E-state index contributed by atoms with van der Waals surface area (Å²) in [5.74, 6) is -0.539. The number of fused-ring (bicyclic) bond motifs is 1. The van der Waals surface area contributed by atoms with Gasteiger partial charge in [-0.1, -0.05) is 18.7 Å². The van der Waals surface area contributed by atoms with E-state index < -0.39 is 5.97 Å². The van der Waals surface area contributed by atoms with Gasteiger partial charge in [0.2, 0.25) is 0 Å². The normalized spacial score (nSPS) is 12.7. The smallest absolute Gasteiger partial charge is 0.343 e. The van der Waals surface area contributed by atoms with Crippen molar-refractivity contribution < 1.29 is 19.1 Å². The molecule has 0 atom stereocenters. The summed E-state index contributed by atoms with van der Waals surface area (Å²) in [6.07, 6.45) is 1.62. The molecule has 0 radical (unpaired) electrons. The number of nitrogens with zero attached hydrogens (tertiary/aromatic N) is 1. The molecular formula is C21H17NO4. The quantitative estimate of drug-likeness (QED) is 0.358. The molecule has 5 nitrogen and oxygen atoms in total. The van der Waals surface area contributed by atoms with Crippen molar-refractivity contribution in [2.24, 2.45) is 0 Å². The highest BCUT2D eigenvalue weighted by Gasteiger charge is 2.31. The van der Waals surface area contributed by atoms with Crippen LogP contribution in [-0.2, 0) is 0 Å². The van der Waals surface area contributed by atoms with Gasteiger partial charge in [-0.3, -0.25) is 9.59 Å². The van der Waals surface area contributed by atoms with E-state index in [4.69, 9.17) is 4.74 Å². The predicted octanol–water partition coefficient (Wildman–Crippen LogP) is 3.72. The van der Waals surface area contributed by atoms with Gasteiger partial charge in [-0.15, -0.1) is 6.58 Å². The van der Waals surface area contributed by atoms with E-state index in [2.05, 4.69) is 13.2 Å². The maximum atomic E-state index is 12.5. The largest absolute Gasteiger partial charge is 0.423 e. The molecule has 0 spiro atoms. The zero-order chi connectivity index (χ0) is 18.8. The second-order valence-corrected chi connectivity index (χ2v) is 5.88. The summed E-state index contributed by atoms with van der Waals surface area (Å²) >= 11 is 0. The molecule has 2 aromatic rings. The second kappa shape index (κ2) is 6.80. The van der Waals surface area contributed by atoms with Crippen LogP contribution in [0, 0.1) is 0 Å². The van der Waals surface area contributed by atoms with Crippen LogP contribution >= 0.6 is 0 Å². The lowest BCUT2D eigenvalue weighted by molar-refractivity contribution is 0.0734. The molecule has 3 rings (SSSR count). The molecule has 0 aromatic heterocycles. The number of hydrogen-bond acceptors (Lipinski definition) is 4. The Balaban J connectivity index is 1.82. The van der Waals surface area contributed by atoms with Crippen molar-refractivity contribution in [1.29, 1.82) is 0 Å². The van der Waals surface area contributed by atoms with E-state index in [1.165, 1.54) is 17.9 Å². The Bertz CT molecular complexity index is 941. The van der Waals surface area contributed by atoms with E-state index >= 15 is 0 Å². The fourth-order valence-electron chi connectivity index (χ4n) is 2.76. The van der Waals surface area contributed by atoms with E-state index in [1.54, 1.807) is 42.5 Å². The second-order valence-electron chi connectivity index (χ2n) is 5.88. The van der Waals surface area contributed by atoms with E-state index in [0.29, 0.717) is 34.7 Å². The van der Waals surface area contributed by atoms with Gasteiger partial charge >= 0.3 is 5.97 Å². The zero-order valence-electron chi connectivity index (χ0n) is 14.3. The molecular weight excluding hydrogens is 330 g/mol. The van der Waals surface area contributed by atoms with Gasteiger partial charge in [0.25, 0.3) is 5.91 Å². The molecule has 0 fully saturated rings. The number of esters is 1. The Labute approximate surface area is 151 Å². The molecule has 2 aromatic carbocycles. The van der Waals surface area contributed by atoms with Gasteiger partial charge in [0.05, 0.1) is 11.1 Å². The minimum Gasteiger partial charge on any atom is -0.423 e. The van der Waals surface area contributed by atoms with Crippen LogP contribution in [-0.4, -0.2) is 29.1 Å². The van der Waals surface area contributed by atoms with Gasteiger partial charge in [0, 0.05) is 23.4 Å². The number of carbonyl (C=O) groups excluding carboxylic acids is 3. The highest BCUT2D eigenvalue weighted by Crippen LogP contribution is 2.32. The Kier molecular flexibility index (Phi) is 4.54. The van der Waals surface area contributed by atoms with Crippen LogP contribution in [0.15, 0.2) is 61.7 Å². The van der Waals surface area contributed by atoms with Crippen LogP contribution in [0.25, 0.3) is 5.70 Å². The van der Waals surface area contributed by atoms with Gasteiger partial charge in [-0.2, -0.15) is 0 Å². The highest BCUT2D eigenvalue weighted by atomic mass is 16.5. The number of carbonyl (C=O) groups is 3. The fraction of sp³-hybridized carbons (Fsp3) is 0.0952. The summed E-state index contributed by atoms with van der Waals surface area (Å²) in [4.78, 5) is 37.6. The molecule has 5 heteroatoms. The van der Waals surface area contributed by atoms with Crippen LogP contribution in [0.5, 0.6) is 5.75 Å². The molecule has 1 aliphatic rings. The number of ether oxygens (including phenoxy) is 1. The Morgan fingerprint density at radius 2 is 1.73 bits per heavy atom. The lowest BCUT2D eigenvalue weighted by Gasteiger charge is -2.14. The molecule has 130 valence electrons. The fourth-order valence-corrected chi connectivity index (χ4v) is 2.76. The number of hydrogen-bond donors (Lipinski definition) is 0. The van der Waals surface area contributed by atoms with Gasteiger partial charge in [0.1, 0.15) is 5.75 Å². The summed E-state index contributed by atoms with van der Waals surface area (Å²) in [6, 6.07) is 11.1. The molecule has 0 unspecified atom stereocenters. The lowest BCUT2D eigenvalue weighted by atomic mass is 10.0. The van der Waals surface area contributed by atoms with E-state index in [0.717, 1.165) is 0 Å². The zero-order valence-corrected chi connectivity index (χ0v) is 14.3. The summed E-state index contributed by atoms with van der Waals surface area (Å²) in [5.41, 5.74) is 2.50. The van der Waals surface area contributed by atoms with Gasteiger partial charge in [-0.05, 0) is 43.3 Å². The summed E-state index contributed by atoms with van der Waals surface area (Å²) in [6.45, 7) is 9.38. The number of ketones is 1. The summed E-state index contributed by atoms with van der Waals surface area (Å²) < 4.78 is 5.32.